The third kappa shape index (κ3) is 4.28. The molecule has 108 valence electrons. The first-order chi connectivity index (χ1) is 9.69. The second-order valence-electron chi connectivity index (χ2n) is 4.33. The van der Waals surface area contributed by atoms with E-state index in [9.17, 15) is 0 Å². The van der Waals surface area contributed by atoms with Crippen LogP contribution in [0.25, 0.3) is 0 Å². The van der Waals surface area contributed by atoms with Crippen LogP contribution in [-0.2, 0) is 13.0 Å². The molecule has 0 unspecified atom stereocenters. The van der Waals surface area contributed by atoms with Crippen molar-refractivity contribution in [3.8, 4) is 0 Å². The Morgan fingerprint density at radius 1 is 1.30 bits per heavy atom. The number of aromatic nitrogens is 2. The standard InChI is InChI=1S/C13H19N5S2/c1-9-6-16-12(20-9)4-5-15-13(14-3)17-7-11-10(2)18-8-19-11/h6,8H,4-5,7H2,1-3H3,(H2,14,15,17). The fourth-order valence-corrected chi connectivity index (χ4v) is 3.19. The molecule has 7 heteroatoms. The first kappa shape index (κ1) is 14.9. The summed E-state index contributed by atoms with van der Waals surface area (Å²) in [5.74, 6) is 0.811. The summed E-state index contributed by atoms with van der Waals surface area (Å²) in [7, 11) is 1.78. The van der Waals surface area contributed by atoms with Crippen molar-refractivity contribution < 1.29 is 0 Å². The summed E-state index contributed by atoms with van der Waals surface area (Å²) in [5, 5.41) is 7.75. The van der Waals surface area contributed by atoms with Gasteiger partial charge in [-0.25, -0.2) is 9.97 Å². The lowest BCUT2D eigenvalue weighted by atomic mass is 10.4. The summed E-state index contributed by atoms with van der Waals surface area (Å²) >= 11 is 3.40. The van der Waals surface area contributed by atoms with Crippen LogP contribution < -0.4 is 10.6 Å². The molecule has 5 nitrogen and oxygen atoms in total. The highest BCUT2D eigenvalue weighted by atomic mass is 32.1. The molecule has 2 rings (SSSR count). The molecule has 0 fully saturated rings. The van der Waals surface area contributed by atoms with Crippen molar-refractivity contribution in [2.45, 2.75) is 26.8 Å². The molecule has 0 atom stereocenters. The number of thiazole rings is 2. The number of rotatable bonds is 5. The molecule has 0 radical (unpaired) electrons. The first-order valence-electron chi connectivity index (χ1n) is 6.44. The Hall–Kier alpha value is -1.47. The summed E-state index contributed by atoms with van der Waals surface area (Å²) in [6, 6.07) is 0. The second-order valence-corrected chi connectivity index (χ2v) is 6.59. The Labute approximate surface area is 127 Å². The van der Waals surface area contributed by atoms with Crippen molar-refractivity contribution in [3.05, 3.63) is 32.2 Å². The van der Waals surface area contributed by atoms with Crippen LogP contribution in [0.15, 0.2) is 16.7 Å². The van der Waals surface area contributed by atoms with Gasteiger partial charge in [0.25, 0.3) is 0 Å². The number of guanidine groups is 1. The van der Waals surface area contributed by atoms with Crippen molar-refractivity contribution in [1.82, 2.24) is 20.6 Å². The third-order valence-electron chi connectivity index (χ3n) is 2.79. The van der Waals surface area contributed by atoms with Crippen molar-refractivity contribution in [2.75, 3.05) is 13.6 Å². The molecule has 2 aromatic heterocycles. The molecule has 0 amide bonds. The van der Waals surface area contributed by atoms with E-state index >= 15 is 0 Å². The van der Waals surface area contributed by atoms with Crippen LogP contribution in [0.3, 0.4) is 0 Å². The fraction of sp³-hybridized carbons (Fsp3) is 0.462. The maximum Gasteiger partial charge on any atom is 0.191 e. The summed E-state index contributed by atoms with van der Waals surface area (Å²) in [6.45, 7) is 5.68. The number of nitrogens with zero attached hydrogens (tertiary/aromatic N) is 3. The van der Waals surface area contributed by atoms with E-state index in [-0.39, 0.29) is 0 Å². The van der Waals surface area contributed by atoms with Crippen molar-refractivity contribution >= 4 is 28.6 Å². The third-order valence-corrected chi connectivity index (χ3v) is 4.69. The molecule has 2 N–H and O–H groups in total. The number of nitrogens with one attached hydrogen (secondary N) is 2. The molecule has 0 saturated heterocycles. The molecular weight excluding hydrogens is 290 g/mol. The van der Waals surface area contributed by atoms with Gasteiger partial charge in [-0.1, -0.05) is 0 Å². The average molecular weight is 309 g/mol. The van der Waals surface area contributed by atoms with Crippen LogP contribution in [0.5, 0.6) is 0 Å². The Bertz CT molecular complexity index is 573. The van der Waals surface area contributed by atoms with Gasteiger partial charge in [0.15, 0.2) is 5.96 Å². The van der Waals surface area contributed by atoms with Crippen LogP contribution >= 0.6 is 22.7 Å². The van der Waals surface area contributed by atoms with Crippen molar-refractivity contribution in [2.24, 2.45) is 4.99 Å². The largest absolute Gasteiger partial charge is 0.356 e. The van der Waals surface area contributed by atoms with E-state index in [1.54, 1.807) is 29.7 Å². The minimum atomic E-state index is 0.756. The Kier molecular flexibility index (Phi) is 5.49. The van der Waals surface area contributed by atoms with Gasteiger partial charge < -0.3 is 10.6 Å². The van der Waals surface area contributed by atoms with Crippen LogP contribution in [0.1, 0.15) is 20.5 Å². The summed E-state index contributed by atoms with van der Waals surface area (Å²) in [5.41, 5.74) is 2.95. The lowest BCUT2D eigenvalue weighted by molar-refractivity contribution is 0.794. The van der Waals surface area contributed by atoms with Crippen LogP contribution in [0.2, 0.25) is 0 Å². The number of hydrogen-bond acceptors (Lipinski definition) is 5. The van der Waals surface area contributed by atoms with Gasteiger partial charge in [0.1, 0.15) is 0 Å². The normalized spacial score (nSPS) is 11.7. The molecule has 2 heterocycles. The Morgan fingerprint density at radius 2 is 2.15 bits per heavy atom. The van der Waals surface area contributed by atoms with Gasteiger partial charge in [0.2, 0.25) is 0 Å². The minimum Gasteiger partial charge on any atom is -0.356 e. The molecule has 0 saturated carbocycles. The number of aliphatic imine (C=N–C) groups is 1. The predicted molar refractivity (Wildman–Crippen MR) is 85.6 cm³/mol. The smallest absolute Gasteiger partial charge is 0.191 e. The molecule has 0 aliphatic heterocycles. The lowest BCUT2D eigenvalue weighted by Crippen LogP contribution is -2.37. The van der Waals surface area contributed by atoms with E-state index in [0.717, 1.165) is 36.2 Å². The average Bonchev–Trinajstić information content (AvgIpc) is 3.03. The van der Waals surface area contributed by atoms with Crippen molar-refractivity contribution in [3.63, 3.8) is 0 Å². The molecule has 0 aliphatic carbocycles. The monoisotopic (exact) mass is 309 g/mol. The van der Waals surface area contributed by atoms with E-state index < -0.39 is 0 Å². The van der Waals surface area contributed by atoms with E-state index in [2.05, 4.69) is 32.5 Å². The summed E-state index contributed by atoms with van der Waals surface area (Å²) in [4.78, 5) is 15.3. The van der Waals surface area contributed by atoms with Crippen LogP contribution in [0, 0.1) is 13.8 Å². The Morgan fingerprint density at radius 3 is 2.75 bits per heavy atom. The van der Waals surface area contributed by atoms with Gasteiger partial charge in [0.05, 0.1) is 22.8 Å². The van der Waals surface area contributed by atoms with E-state index in [0.29, 0.717) is 0 Å². The van der Waals surface area contributed by atoms with Gasteiger partial charge >= 0.3 is 0 Å². The zero-order valence-corrected chi connectivity index (χ0v) is 13.6. The van der Waals surface area contributed by atoms with Gasteiger partial charge in [-0.3, -0.25) is 4.99 Å². The van der Waals surface area contributed by atoms with Crippen LogP contribution in [-0.4, -0.2) is 29.5 Å². The van der Waals surface area contributed by atoms with E-state index in [1.807, 2.05) is 18.6 Å². The van der Waals surface area contributed by atoms with E-state index in [4.69, 9.17) is 0 Å². The summed E-state index contributed by atoms with van der Waals surface area (Å²) < 4.78 is 0. The lowest BCUT2D eigenvalue weighted by Gasteiger charge is -2.10. The SMILES string of the molecule is CN=C(NCCc1ncc(C)s1)NCc1scnc1C. The molecular formula is C13H19N5S2. The highest BCUT2D eigenvalue weighted by Gasteiger charge is 2.04. The zero-order valence-electron chi connectivity index (χ0n) is 11.9. The fourth-order valence-electron chi connectivity index (χ4n) is 1.69. The van der Waals surface area contributed by atoms with Gasteiger partial charge in [-0.15, -0.1) is 22.7 Å². The maximum absolute atomic E-state index is 4.35. The van der Waals surface area contributed by atoms with Crippen LogP contribution in [0.4, 0.5) is 0 Å². The van der Waals surface area contributed by atoms with E-state index in [1.165, 1.54) is 9.75 Å². The maximum atomic E-state index is 4.35. The summed E-state index contributed by atoms with van der Waals surface area (Å²) in [6.07, 6.45) is 2.83. The highest BCUT2D eigenvalue weighted by Crippen LogP contribution is 2.11. The first-order valence-corrected chi connectivity index (χ1v) is 8.13. The second kappa shape index (κ2) is 7.35. The van der Waals surface area contributed by atoms with Gasteiger partial charge in [-0.2, -0.15) is 0 Å². The quantitative estimate of drug-likeness (QED) is 0.656. The predicted octanol–water partition coefficient (Wildman–Crippen LogP) is 2.12. The topological polar surface area (TPSA) is 62.2 Å². The molecule has 0 aliphatic rings. The minimum absolute atomic E-state index is 0.756. The highest BCUT2D eigenvalue weighted by molar-refractivity contribution is 7.11. The number of hydrogen-bond donors (Lipinski definition) is 2. The molecule has 2 aromatic rings. The molecule has 0 bridgehead atoms. The zero-order chi connectivity index (χ0) is 14.4. The Balaban J connectivity index is 1.74. The molecule has 0 spiro atoms. The van der Waals surface area contributed by atoms with Gasteiger partial charge in [0, 0.05) is 36.0 Å². The molecule has 20 heavy (non-hydrogen) atoms. The van der Waals surface area contributed by atoms with Crippen molar-refractivity contribution in [1.29, 1.82) is 0 Å². The molecule has 0 aromatic carbocycles. The number of aryl methyl sites for hydroxylation is 2. The van der Waals surface area contributed by atoms with Gasteiger partial charge in [-0.05, 0) is 13.8 Å².